The van der Waals surface area contributed by atoms with Crippen molar-refractivity contribution < 1.29 is 18.3 Å². The number of pyridine rings is 1. The van der Waals surface area contributed by atoms with Crippen molar-refractivity contribution in [2.75, 3.05) is 5.73 Å². The lowest BCUT2D eigenvalue weighted by atomic mass is 10.3. The van der Waals surface area contributed by atoms with Crippen molar-refractivity contribution in [3.05, 3.63) is 17.7 Å². The molecule has 0 aliphatic rings. The molecule has 1 aromatic heterocycles. The van der Waals surface area contributed by atoms with Crippen LogP contribution < -0.4 is 5.73 Å². The number of nitrogen functional groups attached to an aromatic ring is 1. The summed E-state index contributed by atoms with van der Waals surface area (Å²) in [5, 5.41) is 8.80. The summed E-state index contributed by atoms with van der Waals surface area (Å²) in [5.41, 5.74) is 3.49. The first-order valence-electron chi connectivity index (χ1n) is 2.95. The van der Waals surface area contributed by atoms with E-state index in [1.54, 1.807) is 0 Å². The van der Waals surface area contributed by atoms with E-state index in [-0.39, 0.29) is 0 Å². The number of nitrogens with zero attached hydrogens (tertiary/aromatic N) is 1. The fraction of sp³-hybridized carbons (Fsp3) is 0.167. The first-order chi connectivity index (χ1) is 5.52. The summed E-state index contributed by atoms with van der Waals surface area (Å²) in [4.78, 5) is 2.78. The van der Waals surface area contributed by atoms with Gasteiger partial charge in [0.05, 0.1) is 5.69 Å². The van der Waals surface area contributed by atoms with E-state index < -0.39 is 29.5 Å². The highest BCUT2D eigenvalue weighted by atomic mass is 19.3. The van der Waals surface area contributed by atoms with Crippen molar-refractivity contribution >= 4 is 5.69 Å². The van der Waals surface area contributed by atoms with Gasteiger partial charge in [0.25, 0.3) is 6.43 Å². The first kappa shape index (κ1) is 8.63. The van der Waals surface area contributed by atoms with E-state index in [1.165, 1.54) is 0 Å². The van der Waals surface area contributed by atoms with Crippen LogP contribution in [0.4, 0.5) is 18.9 Å². The maximum Gasteiger partial charge on any atom is 0.284 e. The van der Waals surface area contributed by atoms with Crippen molar-refractivity contribution in [2.45, 2.75) is 6.43 Å². The van der Waals surface area contributed by atoms with Gasteiger partial charge in [0.15, 0.2) is 5.69 Å². The lowest BCUT2D eigenvalue weighted by molar-refractivity contribution is 0.140. The maximum atomic E-state index is 12.4. The van der Waals surface area contributed by atoms with E-state index in [0.29, 0.717) is 6.07 Å². The number of rotatable bonds is 1. The van der Waals surface area contributed by atoms with Gasteiger partial charge in [0.2, 0.25) is 5.95 Å². The van der Waals surface area contributed by atoms with E-state index in [2.05, 4.69) is 4.98 Å². The van der Waals surface area contributed by atoms with Crippen LogP contribution in [0.3, 0.4) is 0 Å². The molecule has 0 radical (unpaired) electrons. The molecule has 0 unspecified atom stereocenters. The molecule has 0 atom stereocenters. The molecule has 0 saturated heterocycles. The average Bonchev–Trinajstić information content (AvgIpc) is 1.96. The third-order valence-corrected chi connectivity index (χ3v) is 1.22. The predicted octanol–water partition coefficient (Wildman–Crippen LogP) is 1.45. The molecular formula is C6H5F3N2O. The van der Waals surface area contributed by atoms with Gasteiger partial charge in [-0.25, -0.2) is 13.8 Å². The Morgan fingerprint density at radius 3 is 2.58 bits per heavy atom. The standard InChI is InChI=1S/C6H5F3N2O/c7-5(8)4-3(12)1-2(10)6(9)11-4/h1,5,12H,10H2. The highest BCUT2D eigenvalue weighted by Crippen LogP contribution is 2.28. The van der Waals surface area contributed by atoms with Crippen LogP contribution in [-0.4, -0.2) is 10.1 Å². The Balaban J connectivity index is 3.23. The van der Waals surface area contributed by atoms with Crippen molar-refractivity contribution in [2.24, 2.45) is 0 Å². The number of nitrogens with two attached hydrogens (primary N) is 1. The summed E-state index contributed by atoms with van der Waals surface area (Å²) in [6.45, 7) is 0. The SMILES string of the molecule is Nc1cc(O)c(C(F)F)nc1F. The number of aromatic hydroxyl groups is 1. The normalized spacial score (nSPS) is 10.7. The summed E-state index contributed by atoms with van der Waals surface area (Å²) in [6, 6.07) is 0.698. The number of alkyl halides is 2. The van der Waals surface area contributed by atoms with Gasteiger partial charge in [-0.15, -0.1) is 0 Å². The monoisotopic (exact) mass is 178 g/mol. The van der Waals surface area contributed by atoms with Gasteiger partial charge in [-0.1, -0.05) is 0 Å². The Morgan fingerprint density at radius 1 is 1.50 bits per heavy atom. The molecule has 0 saturated carbocycles. The molecule has 0 spiro atoms. The maximum absolute atomic E-state index is 12.4. The third kappa shape index (κ3) is 1.41. The van der Waals surface area contributed by atoms with Gasteiger partial charge in [-0.05, 0) is 0 Å². The summed E-state index contributed by atoms with van der Waals surface area (Å²) >= 11 is 0. The van der Waals surface area contributed by atoms with Gasteiger partial charge in [-0.3, -0.25) is 0 Å². The lowest BCUT2D eigenvalue weighted by Gasteiger charge is -2.03. The second-order valence-electron chi connectivity index (χ2n) is 2.07. The van der Waals surface area contributed by atoms with E-state index in [1.807, 2.05) is 0 Å². The van der Waals surface area contributed by atoms with Gasteiger partial charge in [0, 0.05) is 6.07 Å². The Morgan fingerprint density at radius 2 is 2.08 bits per heavy atom. The molecule has 0 amide bonds. The van der Waals surface area contributed by atoms with Crippen LogP contribution in [0.5, 0.6) is 5.75 Å². The van der Waals surface area contributed by atoms with E-state index in [4.69, 9.17) is 10.8 Å². The second kappa shape index (κ2) is 2.88. The second-order valence-corrected chi connectivity index (χ2v) is 2.07. The zero-order valence-electron chi connectivity index (χ0n) is 5.76. The third-order valence-electron chi connectivity index (χ3n) is 1.22. The molecule has 6 heteroatoms. The largest absolute Gasteiger partial charge is 0.506 e. The predicted molar refractivity (Wildman–Crippen MR) is 35.2 cm³/mol. The minimum absolute atomic E-state index is 0.461. The minimum atomic E-state index is -3.01. The van der Waals surface area contributed by atoms with Crippen molar-refractivity contribution in [1.82, 2.24) is 4.98 Å². The Hall–Kier alpha value is -1.46. The number of aromatic nitrogens is 1. The zero-order chi connectivity index (χ0) is 9.30. The van der Waals surface area contributed by atoms with Gasteiger partial charge < -0.3 is 10.8 Å². The van der Waals surface area contributed by atoms with Crippen molar-refractivity contribution in [3.63, 3.8) is 0 Å². The van der Waals surface area contributed by atoms with E-state index in [0.717, 1.165) is 0 Å². The fourth-order valence-electron chi connectivity index (χ4n) is 0.669. The summed E-state index contributed by atoms with van der Waals surface area (Å²) < 4.78 is 36.3. The molecule has 1 rings (SSSR count). The average molecular weight is 178 g/mol. The van der Waals surface area contributed by atoms with E-state index in [9.17, 15) is 13.2 Å². The topological polar surface area (TPSA) is 59.1 Å². The van der Waals surface area contributed by atoms with Crippen LogP contribution in [0.2, 0.25) is 0 Å². The molecule has 12 heavy (non-hydrogen) atoms. The van der Waals surface area contributed by atoms with Gasteiger partial charge in [-0.2, -0.15) is 4.39 Å². The molecule has 1 heterocycles. The summed E-state index contributed by atoms with van der Waals surface area (Å²) in [6.07, 6.45) is -3.01. The van der Waals surface area contributed by atoms with Crippen LogP contribution in [0.25, 0.3) is 0 Å². The zero-order valence-corrected chi connectivity index (χ0v) is 5.76. The molecule has 0 aromatic carbocycles. The Kier molecular flexibility index (Phi) is 2.07. The summed E-state index contributed by atoms with van der Waals surface area (Å²) in [5.74, 6) is -2.01. The number of anilines is 1. The van der Waals surface area contributed by atoms with Crippen LogP contribution in [0.1, 0.15) is 12.1 Å². The number of hydrogen-bond acceptors (Lipinski definition) is 3. The van der Waals surface area contributed by atoms with Crippen LogP contribution in [0.15, 0.2) is 6.07 Å². The lowest BCUT2D eigenvalue weighted by Crippen LogP contribution is -1.99. The smallest absolute Gasteiger partial charge is 0.284 e. The minimum Gasteiger partial charge on any atom is -0.506 e. The highest BCUT2D eigenvalue weighted by Gasteiger charge is 2.17. The fourth-order valence-corrected chi connectivity index (χ4v) is 0.669. The number of halogens is 3. The van der Waals surface area contributed by atoms with E-state index >= 15 is 0 Å². The van der Waals surface area contributed by atoms with Crippen LogP contribution >= 0.6 is 0 Å². The molecule has 3 N–H and O–H groups in total. The molecule has 0 fully saturated rings. The molecule has 66 valence electrons. The van der Waals surface area contributed by atoms with Crippen LogP contribution in [0, 0.1) is 5.95 Å². The van der Waals surface area contributed by atoms with Crippen molar-refractivity contribution in [1.29, 1.82) is 0 Å². The molecule has 1 aromatic rings. The van der Waals surface area contributed by atoms with Gasteiger partial charge in [0.1, 0.15) is 5.75 Å². The molecule has 0 bridgehead atoms. The molecule has 3 nitrogen and oxygen atoms in total. The van der Waals surface area contributed by atoms with Gasteiger partial charge >= 0.3 is 0 Å². The quantitative estimate of drug-likeness (QED) is 0.639. The molecule has 0 aliphatic heterocycles. The van der Waals surface area contributed by atoms with Crippen LogP contribution in [-0.2, 0) is 0 Å². The Bertz CT molecular complexity index is 303. The number of hydrogen-bond donors (Lipinski definition) is 2. The Labute approximate surface area is 65.6 Å². The summed E-state index contributed by atoms with van der Waals surface area (Å²) in [7, 11) is 0. The highest BCUT2D eigenvalue weighted by molar-refractivity contribution is 5.44. The molecule has 0 aliphatic carbocycles. The first-order valence-corrected chi connectivity index (χ1v) is 2.95. The van der Waals surface area contributed by atoms with Crippen molar-refractivity contribution in [3.8, 4) is 5.75 Å². The molecular weight excluding hydrogens is 173 g/mol.